The fourth-order valence-electron chi connectivity index (χ4n) is 8.19. The lowest BCUT2D eigenvalue weighted by atomic mass is 10.0. The number of aromatic nitrogens is 11. The highest BCUT2D eigenvalue weighted by atomic mass is 79.9. The lowest BCUT2D eigenvalue weighted by Crippen LogP contribution is -2.24. The highest BCUT2D eigenvalue weighted by Gasteiger charge is 2.31. The van der Waals surface area contributed by atoms with Gasteiger partial charge in [0, 0.05) is 66.3 Å². The monoisotopic (exact) mass is 905 g/mol. The first-order chi connectivity index (χ1) is 30.2. The van der Waals surface area contributed by atoms with Gasteiger partial charge in [0.1, 0.15) is 46.3 Å². The van der Waals surface area contributed by atoms with E-state index in [-0.39, 0.29) is 12.1 Å². The molecule has 2 aliphatic rings. The van der Waals surface area contributed by atoms with E-state index in [0.717, 1.165) is 59.2 Å². The molecule has 0 radical (unpaired) electrons. The summed E-state index contributed by atoms with van der Waals surface area (Å²) in [5.74, 6) is -0.921. The van der Waals surface area contributed by atoms with Crippen molar-refractivity contribution in [1.29, 1.82) is 0 Å². The first-order valence-electron chi connectivity index (χ1n) is 19.7. The van der Waals surface area contributed by atoms with Crippen LogP contribution in [0.4, 0.5) is 33.6 Å². The molecule has 0 spiro atoms. The van der Waals surface area contributed by atoms with Crippen molar-refractivity contribution >= 4 is 38.9 Å². The molecule has 2 aliphatic heterocycles. The molecule has 13 nitrogen and oxygen atoms in total. The minimum Gasteiger partial charge on any atom is -0.349 e. The van der Waals surface area contributed by atoms with E-state index in [1.54, 1.807) is 61.6 Å². The Morgan fingerprint density at radius 3 is 1.61 bits per heavy atom. The third-order valence-corrected chi connectivity index (χ3v) is 11.5. The average molecular weight is 907 g/mol. The zero-order chi connectivity index (χ0) is 42.5. The molecular formula is C43H33BrF5N13. The number of rotatable bonds is 7. The van der Waals surface area contributed by atoms with Gasteiger partial charge in [0.2, 0.25) is 5.95 Å². The van der Waals surface area contributed by atoms with Crippen LogP contribution in [0.3, 0.4) is 0 Å². The Balaban J connectivity index is 0.000000151. The van der Waals surface area contributed by atoms with Crippen LogP contribution in [-0.2, 0) is 0 Å². The number of benzene rings is 2. The molecule has 0 unspecified atom stereocenters. The second kappa shape index (κ2) is 16.1. The summed E-state index contributed by atoms with van der Waals surface area (Å²) in [4.78, 5) is 17.3. The fourth-order valence-corrected chi connectivity index (χ4v) is 8.47. The van der Waals surface area contributed by atoms with E-state index in [1.165, 1.54) is 36.5 Å². The maximum Gasteiger partial charge on any atom is 0.212 e. The van der Waals surface area contributed by atoms with E-state index in [4.69, 9.17) is 9.97 Å². The summed E-state index contributed by atoms with van der Waals surface area (Å²) in [7, 11) is 0. The van der Waals surface area contributed by atoms with Gasteiger partial charge in [-0.15, -0.1) is 0 Å². The number of halogens is 6. The summed E-state index contributed by atoms with van der Waals surface area (Å²) in [6, 6.07) is 13.2. The molecule has 62 heavy (non-hydrogen) atoms. The second-order valence-electron chi connectivity index (χ2n) is 14.8. The van der Waals surface area contributed by atoms with Crippen molar-refractivity contribution < 1.29 is 22.0 Å². The van der Waals surface area contributed by atoms with Gasteiger partial charge in [0.05, 0.1) is 41.3 Å². The van der Waals surface area contributed by atoms with E-state index >= 15 is 0 Å². The van der Waals surface area contributed by atoms with Crippen LogP contribution in [0.2, 0.25) is 0 Å². The predicted octanol–water partition coefficient (Wildman–Crippen LogP) is 9.03. The van der Waals surface area contributed by atoms with E-state index in [1.807, 2.05) is 34.3 Å². The Kier molecular flexibility index (Phi) is 10.2. The number of nitrogens with zero attached hydrogens (tertiary/aromatic N) is 13. The summed E-state index contributed by atoms with van der Waals surface area (Å²) < 4.78 is 77.1. The Morgan fingerprint density at radius 2 is 1.10 bits per heavy atom. The van der Waals surface area contributed by atoms with Gasteiger partial charge < -0.3 is 9.80 Å². The summed E-state index contributed by atoms with van der Waals surface area (Å²) in [5, 5.41) is 17.4. The zero-order valence-corrected chi connectivity index (χ0v) is 34.0. The van der Waals surface area contributed by atoms with E-state index in [2.05, 4.69) is 41.3 Å². The van der Waals surface area contributed by atoms with Gasteiger partial charge in [-0.2, -0.15) is 24.8 Å². The minimum atomic E-state index is -0.547. The molecule has 0 amide bonds. The van der Waals surface area contributed by atoms with Gasteiger partial charge in [-0.25, -0.2) is 50.9 Å². The van der Waals surface area contributed by atoms with Crippen LogP contribution in [0, 0.1) is 29.2 Å². The van der Waals surface area contributed by atoms with Gasteiger partial charge in [-0.3, -0.25) is 0 Å². The largest absolute Gasteiger partial charge is 0.349 e. The fraction of sp³-hybridized carbons (Fsp3) is 0.186. The van der Waals surface area contributed by atoms with E-state index < -0.39 is 29.2 Å². The quantitative estimate of drug-likeness (QED) is 0.114. The van der Waals surface area contributed by atoms with Crippen molar-refractivity contribution in [2.75, 3.05) is 22.9 Å². The maximum absolute atomic E-state index is 14.5. The van der Waals surface area contributed by atoms with Crippen LogP contribution in [0.15, 0.2) is 121 Å². The molecule has 2 atom stereocenters. The number of pyridine rings is 1. The molecule has 0 aliphatic carbocycles. The minimum absolute atomic E-state index is 0.254. The van der Waals surface area contributed by atoms with Gasteiger partial charge in [0.15, 0.2) is 11.3 Å². The van der Waals surface area contributed by atoms with Crippen molar-refractivity contribution in [2.24, 2.45) is 0 Å². The molecule has 11 rings (SSSR count). The Bertz CT molecular complexity index is 3070. The third kappa shape index (κ3) is 7.41. The molecule has 2 aromatic carbocycles. The van der Waals surface area contributed by atoms with E-state index in [9.17, 15) is 22.0 Å². The summed E-state index contributed by atoms with van der Waals surface area (Å²) in [5.41, 5.74) is 4.78. The average Bonchev–Trinajstić information content (AvgIpc) is 4.14. The second-order valence-corrected chi connectivity index (χ2v) is 15.8. The maximum atomic E-state index is 14.5. The van der Waals surface area contributed by atoms with Crippen LogP contribution >= 0.6 is 15.9 Å². The standard InChI is InChI=1S/C24H18F3N7.C19H15BrF2N6/c25-17-4-5-19(26)18(10-17)20-2-1-8-32(20)23-7-9-33-24(31-23)21(13-30-33)34-14-16(12-29-34)15-3-6-22(27)28-11-15;20-12-9-23-28(11-12)17-10-24-27-7-5-18(25-19(17)27)26-6-1-2-16(26)14-8-13(21)3-4-15(14)22/h3-7,9-14,20H,1-2,8H2;3-5,7-11,16H,1-2,6H2/t20-;16-/m11/s1. The van der Waals surface area contributed by atoms with Crippen LogP contribution in [0.1, 0.15) is 48.9 Å². The highest BCUT2D eigenvalue weighted by Crippen LogP contribution is 2.38. The number of fused-ring (bicyclic) bond motifs is 2. The summed E-state index contributed by atoms with van der Waals surface area (Å²) >= 11 is 3.39. The lowest BCUT2D eigenvalue weighted by Gasteiger charge is -2.26. The molecule has 19 heteroatoms. The third-order valence-electron chi connectivity index (χ3n) is 11.1. The van der Waals surface area contributed by atoms with Gasteiger partial charge in [-0.05, 0) is 102 Å². The van der Waals surface area contributed by atoms with Crippen LogP contribution < -0.4 is 9.80 Å². The van der Waals surface area contributed by atoms with E-state index in [0.29, 0.717) is 52.7 Å². The van der Waals surface area contributed by atoms with Gasteiger partial charge in [0.25, 0.3) is 0 Å². The molecule has 7 aromatic heterocycles. The molecule has 0 N–H and O–H groups in total. The molecular weight excluding hydrogens is 873 g/mol. The molecule has 0 saturated carbocycles. The molecule has 312 valence electrons. The highest BCUT2D eigenvalue weighted by molar-refractivity contribution is 9.10. The molecule has 0 bridgehead atoms. The zero-order valence-electron chi connectivity index (χ0n) is 32.4. The van der Waals surface area contributed by atoms with Crippen molar-refractivity contribution in [3.8, 4) is 22.5 Å². The molecule has 9 aromatic rings. The Morgan fingerprint density at radius 1 is 0.548 bits per heavy atom. The van der Waals surface area contributed by atoms with Crippen LogP contribution in [0.5, 0.6) is 0 Å². The topological polar surface area (TPSA) is 115 Å². The smallest absolute Gasteiger partial charge is 0.212 e. The van der Waals surface area contributed by atoms with Gasteiger partial charge in [-0.1, -0.05) is 0 Å². The number of hydrogen-bond donors (Lipinski definition) is 0. The van der Waals surface area contributed by atoms with Crippen molar-refractivity contribution in [2.45, 2.75) is 37.8 Å². The van der Waals surface area contributed by atoms with Crippen molar-refractivity contribution in [3.63, 3.8) is 0 Å². The molecule has 2 fully saturated rings. The predicted molar refractivity (Wildman–Crippen MR) is 222 cm³/mol. The summed E-state index contributed by atoms with van der Waals surface area (Å²) in [6.07, 6.45) is 18.5. The Labute approximate surface area is 357 Å². The number of hydrogen-bond acceptors (Lipinski definition) is 9. The van der Waals surface area contributed by atoms with Crippen molar-refractivity contribution in [1.82, 2.24) is 53.7 Å². The van der Waals surface area contributed by atoms with Crippen LogP contribution in [-0.4, -0.2) is 66.8 Å². The molecule has 9 heterocycles. The lowest BCUT2D eigenvalue weighted by molar-refractivity contribution is 0.560. The normalized spacial score (nSPS) is 16.4. The van der Waals surface area contributed by atoms with Crippen molar-refractivity contribution in [3.05, 3.63) is 161 Å². The van der Waals surface area contributed by atoms with Gasteiger partial charge >= 0.3 is 0 Å². The first-order valence-corrected chi connectivity index (χ1v) is 20.5. The molecule has 2 saturated heterocycles. The number of anilines is 2. The Hall–Kier alpha value is -7.02. The summed E-state index contributed by atoms with van der Waals surface area (Å²) in [6.45, 7) is 1.40. The first kappa shape index (κ1) is 39.1. The van der Waals surface area contributed by atoms with Crippen LogP contribution in [0.25, 0.3) is 33.8 Å². The SMILES string of the molecule is Fc1ccc(F)c([C@H]2CCCN2c2ccn3ncc(-n4cc(-c5ccc(F)nc5)cn4)c3n2)c1.Fc1ccc(F)c([C@H]2CCCN2c2ccn3ncc(-n4cc(Br)cn4)c3n2)c1.